The van der Waals surface area contributed by atoms with Crippen LogP contribution in [0.25, 0.3) is 0 Å². The van der Waals surface area contributed by atoms with E-state index in [1.54, 1.807) is 23.1 Å². The van der Waals surface area contributed by atoms with Crippen LogP contribution >= 0.6 is 11.6 Å². The first-order chi connectivity index (χ1) is 10.7. The molecule has 1 aliphatic rings. The van der Waals surface area contributed by atoms with Gasteiger partial charge >= 0.3 is 0 Å². The number of morpholine rings is 1. The van der Waals surface area contributed by atoms with Crippen molar-refractivity contribution in [2.24, 2.45) is 0 Å². The Labute approximate surface area is 133 Å². The maximum atomic E-state index is 12.4. The van der Waals surface area contributed by atoms with Gasteiger partial charge in [0.2, 0.25) is 0 Å². The summed E-state index contributed by atoms with van der Waals surface area (Å²) in [5.41, 5.74) is 1.16. The molecule has 1 aromatic carbocycles. The highest BCUT2D eigenvalue weighted by Gasteiger charge is 2.20. The van der Waals surface area contributed by atoms with Gasteiger partial charge in [0.05, 0.1) is 13.2 Å². The summed E-state index contributed by atoms with van der Waals surface area (Å²) in [6.45, 7) is 2.29. The number of carbonyl (C=O) groups excluding carboxylic acids is 1. The summed E-state index contributed by atoms with van der Waals surface area (Å²) in [6.07, 6.45) is 1.38. The Kier molecular flexibility index (Phi) is 4.50. The second kappa shape index (κ2) is 6.72. The van der Waals surface area contributed by atoms with Crippen molar-refractivity contribution in [1.82, 2.24) is 14.9 Å². The predicted molar refractivity (Wildman–Crippen MR) is 83.5 cm³/mol. The minimum atomic E-state index is -0.111. The highest BCUT2D eigenvalue weighted by atomic mass is 35.5. The van der Waals surface area contributed by atoms with Crippen molar-refractivity contribution in [3.05, 3.63) is 47.4 Å². The number of carbonyl (C=O) groups is 1. The summed E-state index contributed by atoms with van der Waals surface area (Å²) in [5, 5.41) is 3.74. The number of halogens is 1. The highest BCUT2D eigenvalue weighted by Crippen LogP contribution is 2.19. The first-order valence-corrected chi connectivity index (χ1v) is 7.32. The molecule has 22 heavy (non-hydrogen) atoms. The van der Waals surface area contributed by atoms with Crippen molar-refractivity contribution in [3.63, 3.8) is 0 Å². The Bertz CT molecular complexity index is 674. The molecule has 0 atom stereocenters. The molecule has 1 saturated heterocycles. The topological polar surface area (TPSA) is 67.4 Å². The maximum absolute atomic E-state index is 12.4. The molecular formula is C15H15ClN4O2. The van der Waals surface area contributed by atoms with Gasteiger partial charge in [-0.3, -0.25) is 4.79 Å². The van der Waals surface area contributed by atoms with E-state index in [1.807, 2.05) is 12.1 Å². The van der Waals surface area contributed by atoms with Crippen LogP contribution in [0.3, 0.4) is 0 Å². The molecule has 1 fully saturated rings. The van der Waals surface area contributed by atoms with E-state index in [0.29, 0.717) is 42.8 Å². The summed E-state index contributed by atoms with van der Waals surface area (Å²) >= 11 is 5.95. The molecule has 0 saturated carbocycles. The van der Waals surface area contributed by atoms with Crippen LogP contribution in [0.5, 0.6) is 0 Å². The molecular weight excluding hydrogens is 304 g/mol. The molecule has 0 radical (unpaired) electrons. The molecule has 2 heterocycles. The molecule has 1 aromatic heterocycles. The Balaban J connectivity index is 1.75. The lowest BCUT2D eigenvalue weighted by Crippen LogP contribution is -2.41. The minimum Gasteiger partial charge on any atom is -0.378 e. The summed E-state index contributed by atoms with van der Waals surface area (Å²) in [7, 11) is 0. The zero-order valence-corrected chi connectivity index (χ0v) is 12.6. The lowest BCUT2D eigenvalue weighted by molar-refractivity contribution is 0.0299. The van der Waals surface area contributed by atoms with Gasteiger partial charge in [-0.2, -0.15) is 0 Å². The fraction of sp³-hybridized carbons (Fsp3) is 0.267. The van der Waals surface area contributed by atoms with Gasteiger partial charge in [-0.05, 0) is 18.2 Å². The van der Waals surface area contributed by atoms with Crippen LogP contribution in [0.4, 0.5) is 11.5 Å². The van der Waals surface area contributed by atoms with Crippen molar-refractivity contribution in [2.75, 3.05) is 31.6 Å². The SMILES string of the molecule is O=C(c1cc(Nc2cccc(Cl)c2)ncn1)N1CCOCC1. The maximum Gasteiger partial charge on any atom is 0.272 e. The van der Waals surface area contributed by atoms with Crippen molar-refractivity contribution in [2.45, 2.75) is 0 Å². The lowest BCUT2D eigenvalue weighted by Gasteiger charge is -2.26. The van der Waals surface area contributed by atoms with Crippen LogP contribution in [0.2, 0.25) is 5.02 Å². The Hall–Kier alpha value is -2.18. The number of ether oxygens (including phenoxy) is 1. The molecule has 0 aliphatic carbocycles. The molecule has 6 nitrogen and oxygen atoms in total. The molecule has 1 aliphatic heterocycles. The van der Waals surface area contributed by atoms with Gasteiger partial charge in [0.15, 0.2) is 0 Å². The third kappa shape index (κ3) is 3.52. The molecule has 1 amide bonds. The molecule has 2 aromatic rings. The summed E-state index contributed by atoms with van der Waals surface area (Å²) in [6, 6.07) is 8.93. The van der Waals surface area contributed by atoms with Crippen LogP contribution in [0, 0.1) is 0 Å². The monoisotopic (exact) mass is 318 g/mol. The van der Waals surface area contributed by atoms with E-state index in [-0.39, 0.29) is 5.91 Å². The van der Waals surface area contributed by atoms with E-state index >= 15 is 0 Å². The Morgan fingerprint density at radius 3 is 2.82 bits per heavy atom. The number of rotatable bonds is 3. The zero-order valence-electron chi connectivity index (χ0n) is 11.8. The number of nitrogens with one attached hydrogen (secondary N) is 1. The molecule has 0 unspecified atom stereocenters. The molecule has 1 N–H and O–H groups in total. The zero-order chi connectivity index (χ0) is 15.4. The van der Waals surface area contributed by atoms with Gasteiger partial charge in [-0.1, -0.05) is 17.7 Å². The van der Waals surface area contributed by atoms with E-state index < -0.39 is 0 Å². The Morgan fingerprint density at radius 1 is 1.23 bits per heavy atom. The highest BCUT2D eigenvalue weighted by molar-refractivity contribution is 6.30. The van der Waals surface area contributed by atoms with Crippen molar-refractivity contribution >= 4 is 29.0 Å². The first kappa shape index (κ1) is 14.7. The van der Waals surface area contributed by atoms with E-state index in [0.717, 1.165) is 5.69 Å². The number of nitrogens with zero attached hydrogens (tertiary/aromatic N) is 3. The van der Waals surface area contributed by atoms with Gasteiger partial charge < -0.3 is 15.0 Å². The Morgan fingerprint density at radius 2 is 2.05 bits per heavy atom. The van der Waals surface area contributed by atoms with E-state index in [2.05, 4.69) is 15.3 Å². The third-order valence-corrected chi connectivity index (χ3v) is 3.52. The number of hydrogen-bond donors (Lipinski definition) is 1. The van der Waals surface area contributed by atoms with Gasteiger partial charge in [0.1, 0.15) is 17.8 Å². The number of anilines is 2. The standard InChI is InChI=1S/C15H15ClN4O2/c16-11-2-1-3-12(8-11)19-14-9-13(17-10-18-14)15(21)20-4-6-22-7-5-20/h1-3,8-10H,4-7H2,(H,17,18,19). The normalized spacial score (nSPS) is 14.7. The van der Waals surface area contributed by atoms with Crippen LogP contribution < -0.4 is 5.32 Å². The fourth-order valence-corrected chi connectivity index (χ4v) is 2.38. The van der Waals surface area contributed by atoms with Gasteiger partial charge in [-0.25, -0.2) is 9.97 Å². The largest absolute Gasteiger partial charge is 0.378 e. The quantitative estimate of drug-likeness (QED) is 0.941. The second-order valence-corrected chi connectivity index (χ2v) is 5.26. The summed E-state index contributed by atoms with van der Waals surface area (Å²) in [4.78, 5) is 22.3. The average Bonchev–Trinajstić information content (AvgIpc) is 2.55. The van der Waals surface area contributed by atoms with E-state index in [4.69, 9.17) is 16.3 Å². The van der Waals surface area contributed by atoms with E-state index in [1.165, 1.54) is 6.33 Å². The second-order valence-electron chi connectivity index (χ2n) is 4.83. The number of benzene rings is 1. The van der Waals surface area contributed by atoms with Crippen LogP contribution in [0.1, 0.15) is 10.5 Å². The molecule has 0 spiro atoms. The van der Waals surface area contributed by atoms with Gasteiger partial charge in [0, 0.05) is 29.9 Å². The first-order valence-electron chi connectivity index (χ1n) is 6.94. The summed E-state index contributed by atoms with van der Waals surface area (Å²) < 4.78 is 5.25. The molecule has 0 bridgehead atoms. The number of aromatic nitrogens is 2. The predicted octanol–water partition coefficient (Wildman–Crippen LogP) is 2.35. The number of hydrogen-bond acceptors (Lipinski definition) is 5. The van der Waals surface area contributed by atoms with Gasteiger partial charge in [-0.15, -0.1) is 0 Å². The van der Waals surface area contributed by atoms with Crippen molar-refractivity contribution in [1.29, 1.82) is 0 Å². The fourth-order valence-electron chi connectivity index (χ4n) is 2.19. The number of amides is 1. The molecule has 7 heteroatoms. The summed E-state index contributed by atoms with van der Waals surface area (Å²) in [5.74, 6) is 0.439. The van der Waals surface area contributed by atoms with Crippen LogP contribution in [0.15, 0.2) is 36.7 Å². The smallest absolute Gasteiger partial charge is 0.272 e. The van der Waals surface area contributed by atoms with Gasteiger partial charge in [0.25, 0.3) is 5.91 Å². The van der Waals surface area contributed by atoms with Crippen molar-refractivity contribution < 1.29 is 9.53 Å². The minimum absolute atomic E-state index is 0.111. The van der Waals surface area contributed by atoms with Crippen molar-refractivity contribution in [3.8, 4) is 0 Å². The van der Waals surface area contributed by atoms with Crippen LogP contribution in [-0.2, 0) is 4.74 Å². The third-order valence-electron chi connectivity index (χ3n) is 3.28. The average molecular weight is 319 g/mol. The molecule has 114 valence electrons. The van der Waals surface area contributed by atoms with E-state index in [9.17, 15) is 4.79 Å². The van der Waals surface area contributed by atoms with Crippen LogP contribution in [-0.4, -0.2) is 47.1 Å². The lowest BCUT2D eigenvalue weighted by atomic mass is 10.3. The molecule has 3 rings (SSSR count).